The van der Waals surface area contributed by atoms with Crippen LogP contribution in [0.2, 0.25) is 10.0 Å². The molecule has 0 saturated carbocycles. The van der Waals surface area contributed by atoms with Crippen LogP contribution in [-0.4, -0.2) is 79.4 Å². The highest BCUT2D eigenvalue weighted by atomic mass is 35.5. The van der Waals surface area contributed by atoms with Gasteiger partial charge in [-0.25, -0.2) is 4.79 Å². The molecule has 0 unspecified atom stereocenters. The van der Waals surface area contributed by atoms with E-state index in [1.165, 1.54) is 11.6 Å². The zero-order chi connectivity index (χ0) is 43.3. The van der Waals surface area contributed by atoms with Crippen LogP contribution in [0.25, 0.3) is 0 Å². The Morgan fingerprint density at radius 3 is 1.47 bits per heavy atom. The minimum absolute atomic E-state index is 0.106. The van der Waals surface area contributed by atoms with E-state index in [9.17, 15) is 35.9 Å². The molecular formula is C42H46Cl2F6N4O5. The number of rotatable bonds is 9. The standard InChI is InChI=1S/C21H22ClF3N2O2.C13H20N2O.C8H4ClF3O2/c1-27(17-8-10-29-11-9-17)13-14-2-5-16(6-3-14)26-20(28)15-4-7-19(22)18(12-15)21(23,24)25;1-15(13-6-8-16-9-7-13)10-11-2-4-12(14)5-3-11;9-6-2-1-4(7(13)14)3-5(6)8(10,11)12/h2-7,12,17H,8-11,13H2,1H3,(H,26,28);2-5,13H,6-10,14H2,1H3;1-3H,(H,13,14). The fourth-order valence-corrected chi connectivity index (χ4v) is 6.81. The maximum absolute atomic E-state index is 13.0. The molecule has 0 aromatic heterocycles. The van der Waals surface area contributed by atoms with Gasteiger partial charge < -0.3 is 25.6 Å². The number of hydrogen-bond acceptors (Lipinski definition) is 7. The minimum atomic E-state index is -4.64. The summed E-state index contributed by atoms with van der Waals surface area (Å²) in [7, 11) is 4.26. The number of anilines is 2. The average Bonchev–Trinajstić information content (AvgIpc) is 3.20. The summed E-state index contributed by atoms with van der Waals surface area (Å²) in [5, 5.41) is 10.1. The second kappa shape index (κ2) is 21.7. The van der Waals surface area contributed by atoms with E-state index in [0.717, 1.165) is 101 Å². The zero-order valence-electron chi connectivity index (χ0n) is 32.4. The van der Waals surface area contributed by atoms with Gasteiger partial charge in [0.05, 0.1) is 26.7 Å². The highest BCUT2D eigenvalue weighted by molar-refractivity contribution is 6.32. The SMILES string of the molecule is CN(Cc1ccc(N)cc1)C1CCOCC1.CN(Cc1ccc(NC(=O)c2ccc(Cl)c(C(F)(F)F)c2)cc1)C1CCOCC1.O=C(O)c1ccc(Cl)c(C(F)(F)F)c1. The predicted octanol–water partition coefficient (Wildman–Crippen LogP) is 10.2. The smallest absolute Gasteiger partial charge is 0.417 e. The number of amides is 1. The van der Waals surface area contributed by atoms with E-state index in [2.05, 4.69) is 41.3 Å². The van der Waals surface area contributed by atoms with Gasteiger partial charge in [0.2, 0.25) is 0 Å². The van der Waals surface area contributed by atoms with E-state index in [1.54, 1.807) is 12.1 Å². The molecule has 0 spiro atoms. The molecule has 4 aromatic carbocycles. The van der Waals surface area contributed by atoms with Gasteiger partial charge >= 0.3 is 18.3 Å². The number of carboxylic acids is 1. The Morgan fingerprint density at radius 2 is 1.07 bits per heavy atom. The highest BCUT2D eigenvalue weighted by Gasteiger charge is 2.35. The first-order valence-corrected chi connectivity index (χ1v) is 19.3. The van der Waals surface area contributed by atoms with Crippen molar-refractivity contribution in [1.29, 1.82) is 0 Å². The number of nitrogen functional groups attached to an aromatic ring is 1. The van der Waals surface area contributed by atoms with Crippen LogP contribution in [0, 0.1) is 0 Å². The van der Waals surface area contributed by atoms with Crippen molar-refractivity contribution in [2.45, 2.75) is 63.2 Å². The number of nitrogens with two attached hydrogens (primary N) is 1. The molecule has 2 heterocycles. The molecule has 59 heavy (non-hydrogen) atoms. The second-order valence-electron chi connectivity index (χ2n) is 14.1. The number of carboxylic acid groups (broad SMARTS) is 1. The van der Waals surface area contributed by atoms with E-state index >= 15 is 0 Å². The lowest BCUT2D eigenvalue weighted by molar-refractivity contribution is -0.138. The van der Waals surface area contributed by atoms with Gasteiger partial charge in [0.1, 0.15) is 0 Å². The number of benzene rings is 4. The number of alkyl halides is 6. The number of aromatic carboxylic acids is 1. The molecule has 2 fully saturated rings. The molecule has 1 amide bonds. The Balaban J connectivity index is 0.000000216. The Kier molecular flexibility index (Phi) is 17.4. The molecule has 2 saturated heterocycles. The summed E-state index contributed by atoms with van der Waals surface area (Å²) in [6, 6.07) is 22.1. The van der Waals surface area contributed by atoms with Crippen LogP contribution >= 0.6 is 23.2 Å². The van der Waals surface area contributed by atoms with Gasteiger partial charge in [0.25, 0.3) is 5.91 Å². The quantitative estimate of drug-likeness (QED) is 0.112. The van der Waals surface area contributed by atoms with Crippen LogP contribution in [0.1, 0.15) is 68.7 Å². The van der Waals surface area contributed by atoms with Gasteiger partial charge in [-0.15, -0.1) is 0 Å². The molecule has 0 bridgehead atoms. The minimum Gasteiger partial charge on any atom is -0.478 e. The van der Waals surface area contributed by atoms with E-state index < -0.39 is 51.0 Å². The van der Waals surface area contributed by atoms with Gasteiger partial charge in [-0.05, 0) is 112 Å². The lowest BCUT2D eigenvalue weighted by atomic mass is 10.1. The molecule has 17 heteroatoms. The van der Waals surface area contributed by atoms with Crippen LogP contribution in [0.5, 0.6) is 0 Å². The fourth-order valence-electron chi connectivity index (χ4n) is 6.37. The number of carbonyl (C=O) groups is 2. The van der Waals surface area contributed by atoms with Crippen molar-refractivity contribution in [2.75, 3.05) is 51.6 Å². The third kappa shape index (κ3) is 15.0. The molecule has 0 aliphatic carbocycles. The number of carbonyl (C=O) groups excluding carboxylic acids is 1. The first-order valence-electron chi connectivity index (χ1n) is 18.6. The van der Waals surface area contributed by atoms with Gasteiger partial charge in [-0.1, -0.05) is 47.5 Å². The summed E-state index contributed by atoms with van der Waals surface area (Å²) in [6.45, 7) is 5.12. The first-order chi connectivity index (χ1) is 27.8. The lowest BCUT2D eigenvalue weighted by Crippen LogP contribution is -2.36. The molecule has 2 aliphatic rings. The van der Waals surface area contributed by atoms with E-state index in [0.29, 0.717) is 23.8 Å². The van der Waals surface area contributed by atoms with Crippen molar-refractivity contribution in [3.63, 3.8) is 0 Å². The Labute approximate surface area is 349 Å². The summed E-state index contributed by atoms with van der Waals surface area (Å²) < 4.78 is 86.3. The average molecular weight is 872 g/mol. The van der Waals surface area contributed by atoms with Crippen molar-refractivity contribution in [3.8, 4) is 0 Å². The van der Waals surface area contributed by atoms with Crippen molar-refractivity contribution in [2.24, 2.45) is 0 Å². The number of halogens is 8. The molecule has 0 atom stereocenters. The third-order valence-corrected chi connectivity index (χ3v) is 10.4. The lowest BCUT2D eigenvalue weighted by Gasteiger charge is -2.31. The van der Waals surface area contributed by atoms with E-state index in [-0.39, 0.29) is 5.56 Å². The highest BCUT2D eigenvalue weighted by Crippen LogP contribution is 2.36. The van der Waals surface area contributed by atoms with Gasteiger partial charge in [-0.2, -0.15) is 26.3 Å². The van der Waals surface area contributed by atoms with Crippen LogP contribution < -0.4 is 11.1 Å². The molecule has 9 nitrogen and oxygen atoms in total. The summed E-state index contributed by atoms with van der Waals surface area (Å²) in [5.74, 6) is -2.05. The van der Waals surface area contributed by atoms with E-state index in [1.807, 2.05) is 24.3 Å². The second-order valence-corrected chi connectivity index (χ2v) is 14.9. The normalized spacial score (nSPS) is 15.2. The van der Waals surface area contributed by atoms with Crippen LogP contribution in [0.3, 0.4) is 0 Å². The molecular weight excluding hydrogens is 825 g/mol. The largest absolute Gasteiger partial charge is 0.478 e. The van der Waals surface area contributed by atoms with Crippen molar-refractivity contribution in [1.82, 2.24) is 9.80 Å². The number of hydrogen-bond donors (Lipinski definition) is 3. The number of nitrogens with one attached hydrogen (secondary N) is 1. The Bertz CT molecular complexity index is 1970. The molecule has 0 radical (unpaired) electrons. The first kappa shape index (κ1) is 47.3. The van der Waals surface area contributed by atoms with Gasteiger partial charge in [0, 0.05) is 68.5 Å². The predicted molar refractivity (Wildman–Crippen MR) is 216 cm³/mol. The summed E-state index contributed by atoms with van der Waals surface area (Å²) in [4.78, 5) is 27.4. The van der Waals surface area contributed by atoms with E-state index in [4.69, 9.17) is 43.5 Å². The zero-order valence-corrected chi connectivity index (χ0v) is 33.9. The van der Waals surface area contributed by atoms with Crippen LogP contribution in [0.15, 0.2) is 84.9 Å². The summed E-state index contributed by atoms with van der Waals surface area (Å²) in [5.41, 5.74) is 6.70. The molecule has 4 aromatic rings. The fraction of sp³-hybridized carbons (Fsp3) is 0.381. The van der Waals surface area contributed by atoms with Gasteiger partial charge in [0.15, 0.2) is 0 Å². The maximum Gasteiger partial charge on any atom is 0.417 e. The molecule has 2 aliphatic heterocycles. The summed E-state index contributed by atoms with van der Waals surface area (Å²) in [6.07, 6.45) is -4.96. The third-order valence-electron chi connectivity index (χ3n) is 9.74. The van der Waals surface area contributed by atoms with Crippen molar-refractivity contribution in [3.05, 3.63) is 128 Å². The van der Waals surface area contributed by atoms with Crippen LogP contribution in [-0.2, 0) is 34.9 Å². The van der Waals surface area contributed by atoms with Crippen molar-refractivity contribution < 1.29 is 50.5 Å². The maximum atomic E-state index is 13.0. The number of nitrogens with zero attached hydrogens (tertiary/aromatic N) is 2. The van der Waals surface area contributed by atoms with Crippen molar-refractivity contribution >= 4 is 46.5 Å². The molecule has 320 valence electrons. The number of ether oxygens (including phenoxy) is 2. The summed E-state index contributed by atoms with van der Waals surface area (Å²) >= 11 is 10.9. The Morgan fingerprint density at radius 1 is 0.678 bits per heavy atom. The molecule has 4 N–H and O–H groups in total. The topological polar surface area (TPSA) is 117 Å². The monoisotopic (exact) mass is 870 g/mol. The van der Waals surface area contributed by atoms with Crippen LogP contribution in [0.4, 0.5) is 37.7 Å². The molecule has 6 rings (SSSR count). The van der Waals surface area contributed by atoms with Gasteiger partial charge in [-0.3, -0.25) is 14.6 Å². The Hall–Kier alpha value is -4.38.